The van der Waals surface area contributed by atoms with E-state index in [0.717, 1.165) is 12.0 Å². The Hall–Kier alpha value is -0.640. The van der Waals surface area contributed by atoms with Crippen LogP contribution < -0.4 is 5.73 Å². The number of aromatic nitrogens is 1. The number of rotatable bonds is 6. The zero-order valence-corrected chi connectivity index (χ0v) is 11.2. The van der Waals surface area contributed by atoms with E-state index in [0.29, 0.717) is 23.9 Å². The first kappa shape index (κ1) is 14.4. The molecule has 0 aliphatic rings. The van der Waals surface area contributed by atoms with Crippen molar-refractivity contribution in [2.75, 3.05) is 13.2 Å². The maximum Gasteiger partial charge on any atom is 0.0621 e. The molecule has 96 valence electrons. The number of hydrogen-bond donors (Lipinski definition) is 2. The zero-order chi connectivity index (χ0) is 12.9. The summed E-state index contributed by atoms with van der Waals surface area (Å²) in [6, 6.07) is 1.89. The molecule has 1 heterocycles. The van der Waals surface area contributed by atoms with Crippen molar-refractivity contribution < 1.29 is 5.11 Å². The first-order valence-electron chi connectivity index (χ1n) is 5.92. The molecule has 0 saturated carbocycles. The lowest BCUT2D eigenvalue weighted by Crippen LogP contribution is -2.37. The molecule has 1 aromatic rings. The minimum Gasteiger partial charge on any atom is -0.396 e. The molecule has 17 heavy (non-hydrogen) atoms. The van der Waals surface area contributed by atoms with E-state index in [1.165, 1.54) is 0 Å². The number of hydrogen-bond acceptors (Lipinski definition) is 3. The molecule has 0 fully saturated rings. The SMILES string of the molecule is CC(C)CC(CN)(CO)Cc1ccncc1Cl. The molecule has 0 aliphatic carbocycles. The van der Waals surface area contributed by atoms with Gasteiger partial charge in [-0.3, -0.25) is 4.98 Å². The molecular weight excluding hydrogens is 236 g/mol. The van der Waals surface area contributed by atoms with Crippen molar-refractivity contribution in [1.82, 2.24) is 4.98 Å². The fourth-order valence-corrected chi connectivity index (χ4v) is 2.42. The Morgan fingerprint density at radius 1 is 1.53 bits per heavy atom. The van der Waals surface area contributed by atoms with Crippen molar-refractivity contribution in [1.29, 1.82) is 0 Å². The number of nitrogens with zero attached hydrogens (tertiary/aromatic N) is 1. The summed E-state index contributed by atoms with van der Waals surface area (Å²) in [5, 5.41) is 10.3. The number of nitrogens with two attached hydrogens (primary N) is 1. The second kappa shape index (κ2) is 6.34. The van der Waals surface area contributed by atoms with E-state index >= 15 is 0 Å². The molecule has 3 N–H and O–H groups in total. The lowest BCUT2D eigenvalue weighted by Gasteiger charge is -2.32. The molecule has 0 radical (unpaired) electrons. The molecule has 4 heteroatoms. The van der Waals surface area contributed by atoms with Crippen LogP contribution in [0.2, 0.25) is 5.02 Å². The highest BCUT2D eigenvalue weighted by Crippen LogP contribution is 2.31. The van der Waals surface area contributed by atoms with Crippen LogP contribution >= 0.6 is 11.6 Å². The van der Waals surface area contributed by atoms with Crippen molar-refractivity contribution in [3.8, 4) is 0 Å². The highest BCUT2D eigenvalue weighted by molar-refractivity contribution is 6.31. The molecule has 0 amide bonds. The molecule has 0 spiro atoms. The summed E-state index contributed by atoms with van der Waals surface area (Å²) in [5.74, 6) is 0.492. The van der Waals surface area contributed by atoms with E-state index in [1.54, 1.807) is 12.4 Å². The van der Waals surface area contributed by atoms with Crippen LogP contribution in [-0.2, 0) is 6.42 Å². The van der Waals surface area contributed by atoms with Crippen LogP contribution in [0.25, 0.3) is 0 Å². The maximum absolute atomic E-state index is 9.64. The highest BCUT2D eigenvalue weighted by atomic mass is 35.5. The average molecular weight is 257 g/mol. The molecule has 1 atom stereocenters. The van der Waals surface area contributed by atoms with Crippen LogP contribution in [0, 0.1) is 11.3 Å². The summed E-state index contributed by atoms with van der Waals surface area (Å²) < 4.78 is 0. The van der Waals surface area contributed by atoms with E-state index in [9.17, 15) is 5.11 Å². The van der Waals surface area contributed by atoms with Crippen molar-refractivity contribution in [2.45, 2.75) is 26.7 Å². The van der Waals surface area contributed by atoms with E-state index in [-0.39, 0.29) is 12.0 Å². The van der Waals surface area contributed by atoms with Crippen LogP contribution in [0.1, 0.15) is 25.8 Å². The second-order valence-corrected chi connectivity index (χ2v) is 5.51. The summed E-state index contributed by atoms with van der Waals surface area (Å²) >= 11 is 6.10. The smallest absolute Gasteiger partial charge is 0.0621 e. The standard InChI is InChI=1S/C13H21ClN2O/c1-10(2)5-13(8-15,9-17)6-11-3-4-16-7-12(11)14/h3-4,7,10,17H,5-6,8-9,15H2,1-2H3. The fraction of sp³-hybridized carbons (Fsp3) is 0.615. The number of pyridine rings is 1. The summed E-state index contributed by atoms with van der Waals surface area (Å²) in [5.41, 5.74) is 6.57. The van der Waals surface area contributed by atoms with Gasteiger partial charge < -0.3 is 10.8 Å². The van der Waals surface area contributed by atoms with Gasteiger partial charge in [-0.15, -0.1) is 0 Å². The topological polar surface area (TPSA) is 59.1 Å². The van der Waals surface area contributed by atoms with Gasteiger partial charge in [-0.05, 0) is 30.4 Å². The van der Waals surface area contributed by atoms with Crippen LogP contribution in [0.5, 0.6) is 0 Å². The first-order chi connectivity index (χ1) is 8.03. The minimum atomic E-state index is -0.279. The van der Waals surface area contributed by atoms with Gasteiger partial charge in [-0.2, -0.15) is 0 Å². The third-order valence-corrected chi connectivity index (χ3v) is 3.37. The van der Waals surface area contributed by atoms with Gasteiger partial charge in [-0.25, -0.2) is 0 Å². The Balaban J connectivity index is 2.90. The molecule has 0 saturated heterocycles. The van der Waals surface area contributed by atoms with Gasteiger partial charge in [0, 0.05) is 24.4 Å². The molecule has 3 nitrogen and oxygen atoms in total. The predicted molar refractivity (Wildman–Crippen MR) is 71.0 cm³/mol. The Morgan fingerprint density at radius 2 is 2.24 bits per heavy atom. The summed E-state index contributed by atoms with van der Waals surface area (Å²) in [4.78, 5) is 3.96. The Bertz CT molecular complexity index is 351. The highest BCUT2D eigenvalue weighted by Gasteiger charge is 2.29. The van der Waals surface area contributed by atoms with Gasteiger partial charge in [0.25, 0.3) is 0 Å². The summed E-state index contributed by atoms with van der Waals surface area (Å²) in [6.07, 6.45) is 4.93. The molecule has 1 aromatic heterocycles. The van der Waals surface area contributed by atoms with Crippen molar-refractivity contribution in [3.05, 3.63) is 29.0 Å². The van der Waals surface area contributed by atoms with Crippen molar-refractivity contribution in [3.63, 3.8) is 0 Å². The molecule has 1 unspecified atom stereocenters. The second-order valence-electron chi connectivity index (χ2n) is 5.10. The van der Waals surface area contributed by atoms with Crippen molar-refractivity contribution >= 4 is 11.6 Å². The average Bonchev–Trinajstić information content (AvgIpc) is 2.30. The minimum absolute atomic E-state index is 0.0837. The third-order valence-electron chi connectivity index (χ3n) is 3.03. The molecule has 0 aromatic carbocycles. The summed E-state index contributed by atoms with van der Waals surface area (Å²) in [7, 11) is 0. The van der Waals surface area contributed by atoms with Crippen LogP contribution in [0.4, 0.5) is 0 Å². The summed E-state index contributed by atoms with van der Waals surface area (Å²) in [6.45, 7) is 4.81. The van der Waals surface area contributed by atoms with Crippen LogP contribution in [-0.4, -0.2) is 23.2 Å². The number of aliphatic hydroxyl groups is 1. The first-order valence-corrected chi connectivity index (χ1v) is 6.30. The largest absolute Gasteiger partial charge is 0.396 e. The van der Waals surface area contributed by atoms with Gasteiger partial charge >= 0.3 is 0 Å². The van der Waals surface area contributed by atoms with Gasteiger partial charge in [0.15, 0.2) is 0 Å². The fourth-order valence-electron chi connectivity index (χ4n) is 2.23. The third kappa shape index (κ3) is 3.95. The van der Waals surface area contributed by atoms with Crippen LogP contribution in [0.3, 0.4) is 0 Å². The van der Waals surface area contributed by atoms with Gasteiger partial charge in [0.05, 0.1) is 11.6 Å². The molecule has 1 rings (SSSR count). The predicted octanol–water partition coefficient (Wildman–Crippen LogP) is 2.26. The van der Waals surface area contributed by atoms with Gasteiger partial charge in [0.1, 0.15) is 0 Å². The Morgan fingerprint density at radius 3 is 2.71 bits per heavy atom. The number of aliphatic hydroxyl groups excluding tert-OH is 1. The van der Waals surface area contributed by atoms with Crippen molar-refractivity contribution in [2.24, 2.45) is 17.1 Å². The quantitative estimate of drug-likeness (QED) is 0.821. The zero-order valence-electron chi connectivity index (χ0n) is 10.5. The normalized spacial score (nSPS) is 14.9. The van der Waals surface area contributed by atoms with E-state index < -0.39 is 0 Å². The molecule has 0 aliphatic heterocycles. The molecule has 0 bridgehead atoms. The van der Waals surface area contributed by atoms with Crippen LogP contribution in [0.15, 0.2) is 18.5 Å². The maximum atomic E-state index is 9.64. The lowest BCUT2D eigenvalue weighted by molar-refractivity contribution is 0.108. The lowest BCUT2D eigenvalue weighted by atomic mass is 9.76. The van der Waals surface area contributed by atoms with E-state index in [4.69, 9.17) is 17.3 Å². The van der Waals surface area contributed by atoms with Gasteiger partial charge in [0.2, 0.25) is 0 Å². The molecular formula is C13H21ClN2O. The monoisotopic (exact) mass is 256 g/mol. The van der Waals surface area contributed by atoms with E-state index in [2.05, 4.69) is 18.8 Å². The number of halogens is 1. The van der Waals surface area contributed by atoms with E-state index in [1.807, 2.05) is 6.07 Å². The van der Waals surface area contributed by atoms with Gasteiger partial charge in [-0.1, -0.05) is 25.4 Å². The Kier molecular flexibility index (Phi) is 5.37. The Labute approximate surface area is 108 Å².